The first kappa shape index (κ1) is 22.5. The summed E-state index contributed by atoms with van der Waals surface area (Å²) >= 11 is 1.45. The number of nitrogens with two attached hydrogens (primary N) is 1. The first-order valence-electron chi connectivity index (χ1n) is 7.84. The van der Waals surface area contributed by atoms with Crippen molar-refractivity contribution in [2.75, 3.05) is 17.3 Å². The number of hydrogen-bond donors (Lipinski definition) is 3. The second kappa shape index (κ2) is 11.2. The van der Waals surface area contributed by atoms with Crippen molar-refractivity contribution < 1.29 is 32.6 Å². The van der Waals surface area contributed by atoms with Gasteiger partial charge in [0.25, 0.3) is 5.91 Å². The quantitative estimate of drug-likeness (QED) is 0.512. The number of esters is 1. The number of primary amides is 1. The molecule has 1 aromatic rings. The second-order valence-electron chi connectivity index (χ2n) is 5.29. The SMILES string of the molecule is CSCC[C@@H](NC(N)=O)C(=O)O[C@H](C)C(=O)Nc1ccccc1OC(F)F. The van der Waals surface area contributed by atoms with Gasteiger partial charge in [-0.05, 0) is 37.5 Å². The van der Waals surface area contributed by atoms with E-state index in [1.165, 1.54) is 43.0 Å². The smallest absolute Gasteiger partial charge is 0.387 e. The van der Waals surface area contributed by atoms with Crippen LogP contribution in [0.1, 0.15) is 13.3 Å². The summed E-state index contributed by atoms with van der Waals surface area (Å²) in [5.41, 5.74) is 5.03. The lowest BCUT2D eigenvalue weighted by Crippen LogP contribution is -2.46. The summed E-state index contributed by atoms with van der Waals surface area (Å²) in [5, 5.41) is 4.61. The second-order valence-corrected chi connectivity index (χ2v) is 6.27. The molecule has 27 heavy (non-hydrogen) atoms. The Morgan fingerprint density at radius 1 is 1.26 bits per heavy atom. The zero-order valence-corrected chi connectivity index (χ0v) is 15.6. The first-order chi connectivity index (χ1) is 12.7. The molecule has 0 aliphatic carbocycles. The van der Waals surface area contributed by atoms with Crippen LogP contribution in [0.25, 0.3) is 0 Å². The molecule has 2 atom stereocenters. The number of hydrogen-bond acceptors (Lipinski definition) is 6. The van der Waals surface area contributed by atoms with Crippen LogP contribution in [0.3, 0.4) is 0 Å². The zero-order chi connectivity index (χ0) is 20.4. The summed E-state index contributed by atoms with van der Waals surface area (Å²) < 4.78 is 34.2. The standard InChI is InChI=1S/C16H21F2N3O5S/c1-9(25-14(23)11(7-8-27-2)21-16(19)24)13(22)20-10-5-3-4-6-12(10)26-15(17)18/h3-6,9,11,15H,7-8H2,1-2H3,(H,20,22)(H3,19,21,24)/t9-,11-/m1/s1. The number of carbonyl (C=O) groups excluding carboxylic acids is 3. The molecule has 0 fully saturated rings. The Balaban J connectivity index is 2.73. The van der Waals surface area contributed by atoms with E-state index < -0.39 is 36.7 Å². The van der Waals surface area contributed by atoms with Crippen molar-refractivity contribution >= 4 is 35.4 Å². The molecule has 0 saturated carbocycles. The van der Waals surface area contributed by atoms with Crippen molar-refractivity contribution in [1.29, 1.82) is 0 Å². The zero-order valence-electron chi connectivity index (χ0n) is 14.7. The van der Waals surface area contributed by atoms with Crippen molar-refractivity contribution in [2.45, 2.75) is 32.1 Å². The van der Waals surface area contributed by atoms with Crippen LogP contribution in [0.2, 0.25) is 0 Å². The van der Waals surface area contributed by atoms with E-state index in [-0.39, 0.29) is 17.9 Å². The molecule has 1 rings (SSSR count). The molecule has 0 unspecified atom stereocenters. The Hall–Kier alpha value is -2.56. The van der Waals surface area contributed by atoms with Gasteiger partial charge >= 0.3 is 18.6 Å². The predicted octanol–water partition coefficient (Wildman–Crippen LogP) is 1.95. The monoisotopic (exact) mass is 405 g/mol. The molecule has 0 saturated heterocycles. The lowest BCUT2D eigenvalue weighted by Gasteiger charge is -2.20. The molecule has 0 radical (unpaired) electrons. The molecule has 0 aliphatic heterocycles. The van der Waals surface area contributed by atoms with Crippen LogP contribution >= 0.6 is 11.8 Å². The number of para-hydroxylation sites is 2. The van der Waals surface area contributed by atoms with Gasteiger partial charge in [0.15, 0.2) is 6.10 Å². The molecular formula is C16H21F2N3O5S. The number of alkyl halides is 2. The Morgan fingerprint density at radius 2 is 1.93 bits per heavy atom. The summed E-state index contributed by atoms with van der Waals surface area (Å²) in [5.74, 6) is -1.26. The molecule has 0 aromatic heterocycles. The van der Waals surface area contributed by atoms with E-state index in [0.29, 0.717) is 5.75 Å². The molecule has 0 spiro atoms. The normalized spacial score (nSPS) is 12.8. The van der Waals surface area contributed by atoms with E-state index in [1.807, 2.05) is 6.26 Å². The summed E-state index contributed by atoms with van der Waals surface area (Å²) in [6.07, 6.45) is 0.841. The van der Waals surface area contributed by atoms with Crippen molar-refractivity contribution in [3.63, 3.8) is 0 Å². The maximum atomic E-state index is 12.4. The number of anilines is 1. The lowest BCUT2D eigenvalue weighted by molar-refractivity contribution is -0.155. The number of ether oxygens (including phenoxy) is 2. The molecule has 0 bridgehead atoms. The average molecular weight is 405 g/mol. The van der Waals surface area contributed by atoms with Crippen molar-refractivity contribution in [1.82, 2.24) is 5.32 Å². The Morgan fingerprint density at radius 3 is 2.52 bits per heavy atom. The molecule has 3 amide bonds. The van der Waals surface area contributed by atoms with Crippen LogP contribution in [0.5, 0.6) is 5.75 Å². The number of thioether (sulfide) groups is 1. The number of carbonyl (C=O) groups is 3. The molecule has 0 heterocycles. The summed E-state index contributed by atoms with van der Waals surface area (Å²) in [6, 6.07) is 3.70. The van der Waals surface area contributed by atoms with Gasteiger partial charge in [-0.1, -0.05) is 12.1 Å². The Bertz CT molecular complexity index is 663. The van der Waals surface area contributed by atoms with E-state index in [9.17, 15) is 23.2 Å². The molecule has 0 aliphatic rings. The fourth-order valence-corrected chi connectivity index (χ4v) is 2.44. The summed E-state index contributed by atoms with van der Waals surface area (Å²) in [4.78, 5) is 35.4. The summed E-state index contributed by atoms with van der Waals surface area (Å²) in [6.45, 7) is -1.75. The van der Waals surface area contributed by atoms with Crippen LogP contribution in [0.15, 0.2) is 24.3 Å². The highest BCUT2D eigenvalue weighted by molar-refractivity contribution is 7.98. The number of benzene rings is 1. The highest BCUT2D eigenvalue weighted by atomic mass is 32.2. The number of amides is 3. The van der Waals surface area contributed by atoms with Crippen LogP contribution < -0.4 is 21.1 Å². The van der Waals surface area contributed by atoms with Gasteiger partial charge in [-0.25, -0.2) is 9.59 Å². The molecular weight excluding hydrogens is 384 g/mol. The lowest BCUT2D eigenvalue weighted by atomic mass is 10.2. The van der Waals surface area contributed by atoms with Gasteiger partial charge in [0.05, 0.1) is 5.69 Å². The van der Waals surface area contributed by atoms with Gasteiger partial charge in [-0.3, -0.25) is 4.79 Å². The highest BCUT2D eigenvalue weighted by Gasteiger charge is 2.26. The van der Waals surface area contributed by atoms with Crippen molar-refractivity contribution in [2.24, 2.45) is 5.73 Å². The van der Waals surface area contributed by atoms with E-state index in [4.69, 9.17) is 10.5 Å². The van der Waals surface area contributed by atoms with E-state index in [1.54, 1.807) is 0 Å². The molecule has 8 nitrogen and oxygen atoms in total. The molecule has 150 valence electrons. The average Bonchev–Trinajstić information content (AvgIpc) is 2.59. The minimum atomic E-state index is -3.06. The third-order valence-corrected chi connectivity index (χ3v) is 3.88. The predicted molar refractivity (Wildman–Crippen MR) is 96.8 cm³/mol. The van der Waals surface area contributed by atoms with Gasteiger partial charge in [0.1, 0.15) is 11.8 Å². The van der Waals surface area contributed by atoms with Crippen LogP contribution in [0.4, 0.5) is 19.3 Å². The number of rotatable bonds is 10. The molecule has 4 N–H and O–H groups in total. The summed E-state index contributed by atoms with van der Waals surface area (Å²) in [7, 11) is 0. The number of nitrogens with one attached hydrogen (secondary N) is 2. The van der Waals surface area contributed by atoms with Gasteiger partial charge in [-0.2, -0.15) is 20.5 Å². The largest absolute Gasteiger partial charge is 0.451 e. The third-order valence-electron chi connectivity index (χ3n) is 3.23. The van der Waals surface area contributed by atoms with Gasteiger partial charge in [0, 0.05) is 0 Å². The fourth-order valence-electron chi connectivity index (χ4n) is 1.97. The van der Waals surface area contributed by atoms with Crippen molar-refractivity contribution in [3.05, 3.63) is 24.3 Å². The third kappa shape index (κ3) is 8.11. The maximum absolute atomic E-state index is 12.4. The first-order valence-corrected chi connectivity index (χ1v) is 9.24. The van der Waals surface area contributed by atoms with Gasteiger partial charge < -0.3 is 25.8 Å². The fraction of sp³-hybridized carbons (Fsp3) is 0.438. The van der Waals surface area contributed by atoms with Crippen LogP contribution in [-0.2, 0) is 14.3 Å². The Labute approximate surface area is 159 Å². The maximum Gasteiger partial charge on any atom is 0.387 e. The minimum absolute atomic E-state index is 0.0000991. The van der Waals surface area contributed by atoms with Crippen LogP contribution in [0, 0.1) is 0 Å². The van der Waals surface area contributed by atoms with E-state index in [2.05, 4.69) is 15.4 Å². The van der Waals surface area contributed by atoms with E-state index in [0.717, 1.165) is 0 Å². The van der Waals surface area contributed by atoms with Crippen molar-refractivity contribution in [3.8, 4) is 5.75 Å². The highest BCUT2D eigenvalue weighted by Crippen LogP contribution is 2.25. The Kier molecular flexibility index (Phi) is 9.34. The number of urea groups is 1. The van der Waals surface area contributed by atoms with Gasteiger partial charge in [-0.15, -0.1) is 0 Å². The number of halogens is 2. The van der Waals surface area contributed by atoms with Gasteiger partial charge in [0.2, 0.25) is 0 Å². The van der Waals surface area contributed by atoms with Crippen LogP contribution in [-0.4, -0.2) is 48.7 Å². The molecule has 11 heteroatoms. The minimum Gasteiger partial charge on any atom is -0.451 e. The molecule has 1 aromatic carbocycles. The van der Waals surface area contributed by atoms with E-state index >= 15 is 0 Å². The topological polar surface area (TPSA) is 120 Å².